The van der Waals surface area contributed by atoms with Crippen LogP contribution in [0.5, 0.6) is 0 Å². The molecule has 1 aliphatic heterocycles. The highest BCUT2D eigenvalue weighted by atomic mass is 19.4. The minimum absolute atomic E-state index is 0.0606. The summed E-state index contributed by atoms with van der Waals surface area (Å²) in [6.45, 7) is 2.26. The van der Waals surface area contributed by atoms with Gasteiger partial charge in [0.1, 0.15) is 23.7 Å². The quantitative estimate of drug-likeness (QED) is 0.217. The van der Waals surface area contributed by atoms with E-state index in [-0.39, 0.29) is 35.7 Å². The van der Waals surface area contributed by atoms with E-state index >= 15 is 0 Å². The molecule has 1 spiro atoms. The van der Waals surface area contributed by atoms with Crippen molar-refractivity contribution in [1.82, 2.24) is 24.6 Å². The molecule has 0 unspecified atom stereocenters. The number of aromatic nitrogens is 4. The highest BCUT2D eigenvalue weighted by Crippen LogP contribution is 2.49. The average Bonchev–Trinajstić information content (AvgIpc) is 3.64. The van der Waals surface area contributed by atoms with E-state index in [4.69, 9.17) is 4.42 Å². The van der Waals surface area contributed by atoms with Crippen LogP contribution in [-0.4, -0.2) is 43.9 Å². The number of hydrogen-bond donors (Lipinski definition) is 0. The lowest BCUT2D eigenvalue weighted by Gasteiger charge is -2.38. The number of benzene rings is 2. The summed E-state index contributed by atoms with van der Waals surface area (Å²) < 4.78 is 87.9. The number of oxazole rings is 1. The highest BCUT2D eigenvalue weighted by Gasteiger charge is 2.47. The van der Waals surface area contributed by atoms with Crippen molar-refractivity contribution < 1.29 is 30.8 Å². The third-order valence-electron chi connectivity index (χ3n) is 9.12. The Morgan fingerprint density at radius 3 is 2.28 bits per heavy atom. The smallest absolute Gasteiger partial charge is 0.420 e. The van der Waals surface area contributed by atoms with Crippen LogP contribution < -0.4 is 0 Å². The van der Waals surface area contributed by atoms with Gasteiger partial charge in [-0.25, -0.2) is 4.98 Å². The SMILES string of the molecule is Cn1cnnc1.FC(F)(F)c1cc(CN2CCC3(CCC3)C2)cc2nc(-c3cccc(CC4CC(C(F)(F)F)C4)c3)oc12. The number of likely N-dealkylation sites (tertiary alicyclic amines) is 1. The highest BCUT2D eigenvalue weighted by molar-refractivity contribution is 5.81. The Hall–Kier alpha value is -3.41. The van der Waals surface area contributed by atoms with Crippen LogP contribution in [0.4, 0.5) is 26.3 Å². The van der Waals surface area contributed by atoms with Crippen molar-refractivity contribution >= 4 is 11.1 Å². The molecule has 0 radical (unpaired) electrons. The van der Waals surface area contributed by atoms with Crippen molar-refractivity contribution in [2.45, 2.75) is 63.8 Å². The standard InChI is InChI=1S/C28H28F6N2O.C3H5N3/c29-27(30,31)21-11-18(12-21)9-17-3-1-4-20(10-17)25-35-23-14-19(13-22(24(23)37-25)28(32,33)34)15-36-8-7-26(16-36)5-2-6-26;1-6-2-4-5-3-6/h1,3-4,10,13-14,18,21H,2,5-9,11-12,15-16H2;2-3H,1H3. The normalized spacial score (nSPS) is 21.8. The van der Waals surface area contributed by atoms with Gasteiger partial charge < -0.3 is 8.98 Å². The van der Waals surface area contributed by atoms with Crippen molar-refractivity contribution in [1.29, 1.82) is 0 Å². The zero-order valence-electron chi connectivity index (χ0n) is 23.8. The molecule has 2 aliphatic carbocycles. The molecule has 0 bridgehead atoms. The molecule has 2 aromatic carbocycles. The predicted molar refractivity (Wildman–Crippen MR) is 148 cm³/mol. The Kier molecular flexibility index (Phi) is 7.76. The van der Waals surface area contributed by atoms with E-state index in [1.165, 1.54) is 25.3 Å². The molecule has 12 heteroatoms. The van der Waals surface area contributed by atoms with Gasteiger partial charge in [0.05, 0.1) is 5.92 Å². The topological polar surface area (TPSA) is 60.0 Å². The van der Waals surface area contributed by atoms with Crippen LogP contribution in [0.25, 0.3) is 22.6 Å². The minimum atomic E-state index is -4.59. The molecule has 230 valence electrons. The van der Waals surface area contributed by atoms with Crippen LogP contribution in [-0.2, 0) is 26.2 Å². The van der Waals surface area contributed by atoms with Gasteiger partial charge in [-0.1, -0.05) is 18.6 Å². The maximum Gasteiger partial charge on any atom is 0.420 e. The number of nitrogens with zero attached hydrogens (tertiary/aromatic N) is 5. The van der Waals surface area contributed by atoms with E-state index in [2.05, 4.69) is 20.1 Å². The fourth-order valence-corrected chi connectivity index (χ4v) is 6.61. The molecule has 3 fully saturated rings. The molecular weight excluding hydrogens is 572 g/mol. The molecular formula is C31H33F6N5O. The van der Waals surface area contributed by atoms with Crippen LogP contribution in [0.2, 0.25) is 0 Å². The van der Waals surface area contributed by atoms with Crippen LogP contribution in [0.3, 0.4) is 0 Å². The lowest BCUT2D eigenvalue weighted by molar-refractivity contribution is -0.204. The monoisotopic (exact) mass is 605 g/mol. The Morgan fingerprint density at radius 1 is 0.953 bits per heavy atom. The average molecular weight is 606 g/mol. The number of halogens is 6. The van der Waals surface area contributed by atoms with Gasteiger partial charge in [-0.05, 0) is 91.8 Å². The molecule has 3 aliphatic rings. The Balaban J connectivity index is 0.000000491. The summed E-state index contributed by atoms with van der Waals surface area (Å²) in [5.74, 6) is -1.22. The summed E-state index contributed by atoms with van der Waals surface area (Å²) in [6, 6.07) is 9.86. The molecule has 3 heterocycles. The van der Waals surface area contributed by atoms with Crippen molar-refractivity contribution in [2.24, 2.45) is 24.3 Å². The molecule has 2 aromatic heterocycles. The first-order chi connectivity index (χ1) is 20.4. The lowest BCUT2D eigenvalue weighted by atomic mass is 9.68. The number of hydrogen-bond acceptors (Lipinski definition) is 5. The summed E-state index contributed by atoms with van der Waals surface area (Å²) in [4.78, 5) is 6.64. The van der Waals surface area contributed by atoms with E-state index in [1.807, 2.05) is 13.1 Å². The van der Waals surface area contributed by atoms with Gasteiger partial charge in [0.25, 0.3) is 0 Å². The van der Waals surface area contributed by atoms with Gasteiger partial charge in [0.2, 0.25) is 5.89 Å². The summed E-state index contributed by atoms with van der Waals surface area (Å²) >= 11 is 0. The molecule has 0 N–H and O–H groups in total. The van der Waals surface area contributed by atoms with E-state index < -0.39 is 23.8 Å². The Morgan fingerprint density at radius 2 is 1.70 bits per heavy atom. The van der Waals surface area contributed by atoms with Gasteiger partial charge in [0.15, 0.2) is 5.58 Å². The fraction of sp³-hybridized carbons (Fsp3) is 0.516. The van der Waals surface area contributed by atoms with Crippen LogP contribution in [0.1, 0.15) is 55.2 Å². The molecule has 0 atom stereocenters. The second kappa shape index (κ2) is 11.3. The lowest BCUT2D eigenvalue weighted by Crippen LogP contribution is -2.36. The third kappa shape index (κ3) is 6.58. The van der Waals surface area contributed by atoms with E-state index in [9.17, 15) is 26.3 Å². The molecule has 7 rings (SSSR count). The van der Waals surface area contributed by atoms with Gasteiger partial charge in [-0.3, -0.25) is 4.90 Å². The molecule has 6 nitrogen and oxygen atoms in total. The van der Waals surface area contributed by atoms with Crippen LogP contribution >= 0.6 is 0 Å². The van der Waals surface area contributed by atoms with E-state index in [1.54, 1.807) is 41.5 Å². The maximum atomic E-state index is 14.0. The summed E-state index contributed by atoms with van der Waals surface area (Å²) in [5, 5.41) is 7.07. The minimum Gasteiger partial charge on any atom is -0.435 e. The summed E-state index contributed by atoms with van der Waals surface area (Å²) in [7, 11) is 1.88. The van der Waals surface area contributed by atoms with E-state index in [0.29, 0.717) is 29.5 Å². The molecule has 1 saturated heterocycles. The first-order valence-electron chi connectivity index (χ1n) is 14.5. The number of fused-ring (bicyclic) bond motifs is 1. The first-order valence-corrected chi connectivity index (χ1v) is 14.5. The van der Waals surface area contributed by atoms with Crippen molar-refractivity contribution in [3.8, 4) is 11.5 Å². The third-order valence-corrected chi connectivity index (χ3v) is 9.12. The van der Waals surface area contributed by atoms with Gasteiger partial charge in [-0.15, -0.1) is 10.2 Å². The number of rotatable bonds is 5. The van der Waals surface area contributed by atoms with Gasteiger partial charge in [-0.2, -0.15) is 26.3 Å². The largest absolute Gasteiger partial charge is 0.435 e. The Labute approximate surface area is 245 Å². The fourth-order valence-electron chi connectivity index (χ4n) is 6.61. The number of alkyl halides is 6. The summed E-state index contributed by atoms with van der Waals surface area (Å²) in [5.41, 5.74) is 1.29. The van der Waals surface area contributed by atoms with Crippen LogP contribution in [0, 0.1) is 17.3 Å². The molecule has 4 aromatic rings. The zero-order valence-corrected chi connectivity index (χ0v) is 23.8. The maximum absolute atomic E-state index is 14.0. The van der Waals surface area contributed by atoms with Crippen LogP contribution in [0.15, 0.2) is 53.5 Å². The van der Waals surface area contributed by atoms with E-state index in [0.717, 1.165) is 25.1 Å². The second-order valence-electron chi connectivity index (χ2n) is 12.4. The molecule has 0 amide bonds. The van der Waals surface area contributed by atoms with Crippen molar-refractivity contribution in [2.75, 3.05) is 13.1 Å². The molecule has 43 heavy (non-hydrogen) atoms. The van der Waals surface area contributed by atoms with Crippen molar-refractivity contribution in [3.05, 3.63) is 65.7 Å². The van der Waals surface area contributed by atoms with Crippen molar-refractivity contribution in [3.63, 3.8) is 0 Å². The first kappa shape index (κ1) is 29.7. The van der Waals surface area contributed by atoms with Gasteiger partial charge in [0, 0.05) is 25.7 Å². The second-order valence-corrected chi connectivity index (χ2v) is 12.4. The predicted octanol–water partition coefficient (Wildman–Crippen LogP) is 7.84. The number of aryl methyl sites for hydroxylation is 1. The summed E-state index contributed by atoms with van der Waals surface area (Å²) in [6.07, 6.45) is -0.0448. The molecule has 2 saturated carbocycles. The van der Waals surface area contributed by atoms with Gasteiger partial charge >= 0.3 is 12.4 Å². The Bertz CT molecular complexity index is 1550. The zero-order chi connectivity index (χ0) is 30.4.